The first-order chi connectivity index (χ1) is 19.4. The van der Waals surface area contributed by atoms with E-state index in [9.17, 15) is 14.4 Å². The first-order valence-corrected chi connectivity index (χ1v) is 13.8. The summed E-state index contributed by atoms with van der Waals surface area (Å²) in [6.45, 7) is 6.67. The second kappa shape index (κ2) is 13.8. The van der Waals surface area contributed by atoms with Gasteiger partial charge in [-0.3, -0.25) is 19.1 Å². The van der Waals surface area contributed by atoms with Gasteiger partial charge in [-0.1, -0.05) is 43.6 Å². The molecule has 0 saturated carbocycles. The molecule has 41 heavy (non-hydrogen) atoms. The number of likely N-dealkylation sites (N-methyl/N-ethyl adjacent to an activating group) is 1. The van der Waals surface area contributed by atoms with Gasteiger partial charge >= 0.3 is 0 Å². The van der Waals surface area contributed by atoms with E-state index in [-0.39, 0.29) is 36.0 Å². The zero-order valence-electron chi connectivity index (χ0n) is 24.8. The molecule has 0 spiro atoms. The Morgan fingerprint density at radius 1 is 1.12 bits per heavy atom. The molecule has 2 aromatic carbocycles. The third kappa shape index (κ3) is 8.00. The summed E-state index contributed by atoms with van der Waals surface area (Å²) in [6, 6.07) is 14.1. The molecule has 2 amide bonds. The minimum Gasteiger partial charge on any atom is -0.493 e. The number of para-hydroxylation sites is 1. The number of amides is 2. The average molecular weight is 586 g/mol. The van der Waals surface area contributed by atoms with Crippen molar-refractivity contribution >= 4 is 29.1 Å². The maximum Gasteiger partial charge on any atom is 0.295 e. The highest BCUT2D eigenvalue weighted by atomic mass is 35.5. The van der Waals surface area contributed by atoms with Crippen LogP contribution in [0, 0.1) is 5.41 Å². The van der Waals surface area contributed by atoms with Gasteiger partial charge in [-0.25, -0.2) is 4.68 Å². The molecular formula is C30H40ClN5O5. The monoisotopic (exact) mass is 585 g/mol. The molecule has 1 aromatic heterocycles. The Morgan fingerprint density at radius 3 is 2.41 bits per heavy atom. The number of benzene rings is 2. The molecule has 11 heteroatoms. The van der Waals surface area contributed by atoms with E-state index in [0.717, 1.165) is 0 Å². The Bertz CT molecular complexity index is 1410. The fourth-order valence-corrected chi connectivity index (χ4v) is 4.80. The molecule has 0 bridgehead atoms. The number of carbonyl (C=O) groups excluding carboxylic acids is 2. The number of carbonyl (C=O) groups is 2. The van der Waals surface area contributed by atoms with Gasteiger partial charge in [-0.05, 0) is 56.8 Å². The number of aromatic nitrogens is 2. The lowest BCUT2D eigenvalue weighted by Gasteiger charge is -2.25. The lowest BCUT2D eigenvalue weighted by Crippen LogP contribution is -2.37. The van der Waals surface area contributed by atoms with Crippen molar-refractivity contribution in [2.75, 3.05) is 46.2 Å². The molecule has 1 unspecified atom stereocenters. The summed E-state index contributed by atoms with van der Waals surface area (Å²) in [4.78, 5) is 41.9. The Hall–Kier alpha value is -3.60. The van der Waals surface area contributed by atoms with Gasteiger partial charge in [0.2, 0.25) is 5.91 Å². The zero-order valence-corrected chi connectivity index (χ0v) is 25.5. The Balaban J connectivity index is 1.83. The highest BCUT2D eigenvalue weighted by molar-refractivity contribution is 6.31. The van der Waals surface area contributed by atoms with Gasteiger partial charge in [0.15, 0.2) is 0 Å². The van der Waals surface area contributed by atoms with E-state index in [0.29, 0.717) is 40.9 Å². The van der Waals surface area contributed by atoms with Crippen molar-refractivity contribution in [1.82, 2.24) is 19.6 Å². The topological polar surface area (TPSA) is 107 Å². The highest BCUT2D eigenvalue weighted by Crippen LogP contribution is 2.28. The maximum atomic E-state index is 13.7. The number of ether oxygens (including phenoxy) is 2. The lowest BCUT2D eigenvalue weighted by molar-refractivity contribution is -0.118. The zero-order chi connectivity index (χ0) is 30.3. The van der Waals surface area contributed by atoms with Crippen LogP contribution in [0.2, 0.25) is 5.02 Å². The predicted octanol–water partition coefficient (Wildman–Crippen LogP) is 4.26. The summed E-state index contributed by atoms with van der Waals surface area (Å²) in [5, 5.41) is 6.17. The van der Waals surface area contributed by atoms with Crippen molar-refractivity contribution in [3.05, 3.63) is 75.2 Å². The standard InChI is InChI=1S/C30H40ClN5O5/c1-8-41-23-15-14-20(31)16-22(23)28(38)32-19-30(2,3)17-25(37)33-26-27(24(40-7)18-34(4)5)35(6)36(29(26)39)21-12-10-9-11-13-21/h9-16,24H,8,17-19H2,1-7H3,(H,32,38)(H,33,37). The Kier molecular flexibility index (Phi) is 10.8. The third-order valence-corrected chi connectivity index (χ3v) is 6.78. The van der Waals surface area contributed by atoms with Crippen molar-refractivity contribution < 1.29 is 19.1 Å². The van der Waals surface area contributed by atoms with E-state index < -0.39 is 11.5 Å². The third-order valence-electron chi connectivity index (χ3n) is 6.55. The molecule has 0 aliphatic heterocycles. The summed E-state index contributed by atoms with van der Waals surface area (Å²) >= 11 is 6.11. The molecule has 0 fully saturated rings. The molecule has 3 rings (SSSR count). The number of hydrogen-bond acceptors (Lipinski definition) is 6. The maximum absolute atomic E-state index is 13.7. The van der Waals surface area contributed by atoms with Crippen LogP contribution >= 0.6 is 11.6 Å². The lowest BCUT2D eigenvalue weighted by atomic mass is 9.88. The molecule has 0 aliphatic rings. The van der Waals surface area contributed by atoms with Gasteiger partial charge in [0.1, 0.15) is 17.5 Å². The first kappa shape index (κ1) is 31.9. The van der Waals surface area contributed by atoms with Crippen LogP contribution in [0.15, 0.2) is 53.3 Å². The van der Waals surface area contributed by atoms with Crippen LogP contribution in [-0.2, 0) is 16.6 Å². The number of rotatable bonds is 13. The van der Waals surface area contributed by atoms with Gasteiger partial charge in [0.05, 0.1) is 23.6 Å². The van der Waals surface area contributed by atoms with Crippen LogP contribution in [0.5, 0.6) is 5.75 Å². The van der Waals surface area contributed by atoms with Crippen molar-refractivity contribution in [2.45, 2.75) is 33.3 Å². The summed E-state index contributed by atoms with van der Waals surface area (Å²) in [7, 11) is 7.17. The van der Waals surface area contributed by atoms with Gasteiger partial charge in [-0.15, -0.1) is 0 Å². The number of hydrogen-bond donors (Lipinski definition) is 2. The number of halogens is 1. The Labute approximate surface area is 246 Å². The molecular weight excluding hydrogens is 546 g/mol. The minimum atomic E-state index is -0.637. The molecule has 222 valence electrons. The fraction of sp³-hybridized carbons (Fsp3) is 0.433. The van der Waals surface area contributed by atoms with E-state index in [4.69, 9.17) is 21.1 Å². The smallest absolute Gasteiger partial charge is 0.295 e. The highest BCUT2D eigenvalue weighted by Gasteiger charge is 2.30. The van der Waals surface area contributed by atoms with Gasteiger partial charge in [0, 0.05) is 38.7 Å². The molecule has 2 N–H and O–H groups in total. The Morgan fingerprint density at radius 2 is 1.80 bits per heavy atom. The van der Waals surface area contributed by atoms with Crippen molar-refractivity contribution in [3.8, 4) is 11.4 Å². The average Bonchev–Trinajstić information content (AvgIpc) is 3.15. The van der Waals surface area contributed by atoms with E-state index in [2.05, 4.69) is 10.6 Å². The SMILES string of the molecule is CCOc1ccc(Cl)cc1C(=O)NCC(C)(C)CC(=O)Nc1c(C(CN(C)C)OC)n(C)n(-c2ccccc2)c1=O. The fourth-order valence-electron chi connectivity index (χ4n) is 4.63. The van der Waals surface area contributed by atoms with E-state index in [1.807, 2.05) is 70.1 Å². The van der Waals surface area contributed by atoms with E-state index in [1.165, 1.54) is 4.68 Å². The molecule has 3 aromatic rings. The van der Waals surface area contributed by atoms with Gasteiger partial charge in [0.25, 0.3) is 11.5 Å². The van der Waals surface area contributed by atoms with Gasteiger partial charge < -0.3 is 25.0 Å². The first-order valence-electron chi connectivity index (χ1n) is 13.4. The predicted molar refractivity (Wildman–Crippen MR) is 161 cm³/mol. The number of nitrogens with one attached hydrogen (secondary N) is 2. The van der Waals surface area contributed by atoms with Crippen LogP contribution < -0.4 is 20.9 Å². The number of nitrogens with zero attached hydrogens (tertiary/aromatic N) is 3. The normalized spacial score (nSPS) is 12.3. The molecule has 1 heterocycles. The quantitative estimate of drug-likeness (QED) is 0.310. The van der Waals surface area contributed by atoms with Crippen molar-refractivity contribution in [3.63, 3.8) is 0 Å². The molecule has 0 aliphatic carbocycles. The van der Waals surface area contributed by atoms with Crippen LogP contribution in [0.3, 0.4) is 0 Å². The van der Waals surface area contributed by atoms with Crippen LogP contribution in [-0.4, -0.2) is 67.0 Å². The largest absolute Gasteiger partial charge is 0.493 e. The summed E-state index contributed by atoms with van der Waals surface area (Å²) in [5.74, 6) is -0.278. The van der Waals surface area contributed by atoms with E-state index >= 15 is 0 Å². The van der Waals surface area contributed by atoms with Crippen LogP contribution in [0.1, 0.15) is 49.3 Å². The van der Waals surface area contributed by atoms with Crippen LogP contribution in [0.4, 0.5) is 5.69 Å². The van der Waals surface area contributed by atoms with Crippen LogP contribution in [0.25, 0.3) is 5.69 Å². The number of methoxy groups -OCH3 is 1. The van der Waals surface area contributed by atoms with Gasteiger partial charge in [-0.2, -0.15) is 0 Å². The summed E-state index contributed by atoms with van der Waals surface area (Å²) in [6.07, 6.45) is -0.432. The van der Waals surface area contributed by atoms with Crippen molar-refractivity contribution in [2.24, 2.45) is 12.5 Å². The summed E-state index contributed by atoms with van der Waals surface area (Å²) < 4.78 is 14.6. The minimum absolute atomic E-state index is 0.0472. The van der Waals surface area contributed by atoms with E-state index in [1.54, 1.807) is 37.0 Å². The molecule has 10 nitrogen and oxygen atoms in total. The summed E-state index contributed by atoms with van der Waals surface area (Å²) in [5.41, 5.74) is 0.702. The second-order valence-corrected chi connectivity index (χ2v) is 11.3. The number of anilines is 1. The molecule has 0 saturated heterocycles. The second-order valence-electron chi connectivity index (χ2n) is 10.9. The molecule has 1 atom stereocenters. The molecule has 0 radical (unpaired) electrons. The van der Waals surface area contributed by atoms with Crippen molar-refractivity contribution in [1.29, 1.82) is 0 Å².